The number of aromatic nitrogens is 1. The van der Waals surface area contributed by atoms with Crippen LogP contribution < -0.4 is 4.74 Å². The Hall–Kier alpha value is -2.11. The van der Waals surface area contributed by atoms with Gasteiger partial charge in [-0.2, -0.15) is 13.2 Å². The predicted octanol–water partition coefficient (Wildman–Crippen LogP) is 3.07. The third-order valence-corrected chi connectivity index (χ3v) is 2.47. The maximum atomic E-state index is 12.8. The highest BCUT2D eigenvalue weighted by molar-refractivity contribution is 5.95. The summed E-state index contributed by atoms with van der Waals surface area (Å²) in [5.74, 6) is -0.108. The Morgan fingerprint density at radius 2 is 1.94 bits per heavy atom. The molecule has 0 saturated carbocycles. The van der Waals surface area contributed by atoms with Crippen LogP contribution in [0.5, 0.6) is 5.75 Å². The van der Waals surface area contributed by atoms with Crippen LogP contribution in [-0.4, -0.2) is 18.4 Å². The van der Waals surface area contributed by atoms with E-state index in [2.05, 4.69) is 4.98 Å². The first kappa shape index (κ1) is 12.3. The Kier molecular flexibility index (Phi) is 2.94. The van der Waals surface area contributed by atoms with Crippen molar-refractivity contribution in [1.82, 2.24) is 4.98 Å². The van der Waals surface area contributed by atoms with Gasteiger partial charge in [-0.15, -0.1) is 0 Å². The van der Waals surface area contributed by atoms with E-state index in [0.29, 0.717) is 5.39 Å². The van der Waals surface area contributed by atoms with Crippen LogP contribution in [0.1, 0.15) is 16.1 Å². The molecule has 0 fully saturated rings. The Labute approximate surface area is 100 Å². The molecule has 1 aromatic heterocycles. The number of fused-ring (bicyclic) bond motifs is 1. The molecule has 0 aliphatic heterocycles. The predicted molar refractivity (Wildman–Crippen MR) is 58.7 cm³/mol. The molecule has 94 valence electrons. The summed E-state index contributed by atoms with van der Waals surface area (Å²) in [6, 6.07) is 6.18. The topological polar surface area (TPSA) is 39.2 Å². The van der Waals surface area contributed by atoms with Gasteiger partial charge in [-0.25, -0.2) is 4.98 Å². The lowest BCUT2D eigenvalue weighted by molar-refractivity contribution is -0.141. The Morgan fingerprint density at radius 1 is 1.28 bits per heavy atom. The molecule has 0 amide bonds. The number of carbonyl (C=O) groups is 1. The van der Waals surface area contributed by atoms with Gasteiger partial charge in [0.05, 0.1) is 18.2 Å². The summed E-state index contributed by atoms with van der Waals surface area (Å²) in [6.45, 7) is 0. The van der Waals surface area contributed by atoms with Gasteiger partial charge in [0.2, 0.25) is 0 Å². The summed E-state index contributed by atoms with van der Waals surface area (Å²) in [6.07, 6.45) is -4.59. The summed E-state index contributed by atoms with van der Waals surface area (Å²) in [7, 11) is 1.22. The molecule has 1 aromatic carbocycles. The molecule has 0 unspecified atom stereocenters. The molecular formula is C12H8F3NO2. The second kappa shape index (κ2) is 4.29. The van der Waals surface area contributed by atoms with Crippen LogP contribution in [0.4, 0.5) is 13.2 Å². The summed E-state index contributed by atoms with van der Waals surface area (Å²) in [4.78, 5) is 14.4. The molecule has 6 heteroatoms. The van der Waals surface area contributed by atoms with E-state index in [9.17, 15) is 18.0 Å². The number of rotatable bonds is 2. The summed E-state index contributed by atoms with van der Waals surface area (Å²) in [5.41, 5.74) is -1.68. The molecule has 0 spiro atoms. The maximum Gasteiger partial charge on any atom is 0.434 e. The Morgan fingerprint density at radius 3 is 2.50 bits per heavy atom. The van der Waals surface area contributed by atoms with Crippen molar-refractivity contribution in [1.29, 1.82) is 0 Å². The molecule has 2 aromatic rings. The molecule has 0 bridgehead atoms. The minimum atomic E-state index is -4.70. The fourth-order valence-electron chi connectivity index (χ4n) is 1.74. The van der Waals surface area contributed by atoms with Gasteiger partial charge < -0.3 is 4.74 Å². The van der Waals surface area contributed by atoms with Gasteiger partial charge in [0.1, 0.15) is 5.75 Å². The highest BCUT2D eigenvalue weighted by atomic mass is 19.4. The summed E-state index contributed by atoms with van der Waals surface area (Å²) >= 11 is 0. The third-order valence-electron chi connectivity index (χ3n) is 2.47. The number of para-hydroxylation sites is 1. The van der Waals surface area contributed by atoms with Crippen LogP contribution in [0, 0.1) is 0 Å². The van der Waals surface area contributed by atoms with Gasteiger partial charge in [-0.05, 0) is 12.1 Å². The number of aldehydes is 1. The average Bonchev–Trinajstić information content (AvgIpc) is 2.35. The zero-order chi connectivity index (χ0) is 13.3. The molecule has 0 radical (unpaired) electrons. The van der Waals surface area contributed by atoms with Crippen molar-refractivity contribution in [3.8, 4) is 5.75 Å². The van der Waals surface area contributed by atoms with E-state index in [-0.39, 0.29) is 17.6 Å². The second-order valence-corrected chi connectivity index (χ2v) is 3.54. The van der Waals surface area contributed by atoms with Crippen LogP contribution in [0.25, 0.3) is 10.9 Å². The standard InChI is InChI=1S/C12H8F3NO2/c1-18-10-7-4-2-3-5-9(7)16-11(8(10)6-17)12(13,14)15/h2-6H,1H3. The van der Waals surface area contributed by atoms with Crippen molar-refractivity contribution in [2.24, 2.45) is 0 Å². The number of benzene rings is 1. The fraction of sp³-hybridized carbons (Fsp3) is 0.167. The highest BCUT2D eigenvalue weighted by Crippen LogP contribution is 2.37. The van der Waals surface area contributed by atoms with Gasteiger partial charge in [0.25, 0.3) is 0 Å². The summed E-state index contributed by atoms with van der Waals surface area (Å²) in [5, 5.41) is 0.370. The quantitative estimate of drug-likeness (QED) is 0.774. The first-order chi connectivity index (χ1) is 8.49. The zero-order valence-corrected chi connectivity index (χ0v) is 9.28. The van der Waals surface area contributed by atoms with E-state index >= 15 is 0 Å². The molecule has 0 atom stereocenters. The van der Waals surface area contributed by atoms with E-state index < -0.39 is 17.4 Å². The molecule has 0 aliphatic carbocycles. The van der Waals surface area contributed by atoms with Crippen LogP contribution >= 0.6 is 0 Å². The van der Waals surface area contributed by atoms with Gasteiger partial charge in [0, 0.05) is 5.39 Å². The molecule has 0 saturated heterocycles. The van der Waals surface area contributed by atoms with Crippen molar-refractivity contribution in [3.05, 3.63) is 35.5 Å². The lowest BCUT2D eigenvalue weighted by Gasteiger charge is -2.14. The van der Waals surface area contributed by atoms with Crippen molar-refractivity contribution in [2.45, 2.75) is 6.18 Å². The molecule has 2 rings (SSSR count). The highest BCUT2D eigenvalue weighted by Gasteiger charge is 2.37. The number of nitrogens with zero attached hydrogens (tertiary/aromatic N) is 1. The summed E-state index contributed by atoms with van der Waals surface area (Å²) < 4.78 is 43.3. The number of halogens is 3. The van der Waals surface area contributed by atoms with Gasteiger partial charge in [-0.1, -0.05) is 12.1 Å². The van der Waals surface area contributed by atoms with E-state index in [0.717, 1.165) is 0 Å². The van der Waals surface area contributed by atoms with Crippen molar-refractivity contribution >= 4 is 17.2 Å². The first-order valence-corrected chi connectivity index (χ1v) is 4.98. The minimum absolute atomic E-state index is 0.108. The van der Waals surface area contributed by atoms with E-state index in [4.69, 9.17) is 4.74 Å². The van der Waals surface area contributed by atoms with Crippen molar-refractivity contribution in [3.63, 3.8) is 0 Å². The van der Waals surface area contributed by atoms with Crippen LogP contribution in [0.3, 0.4) is 0 Å². The van der Waals surface area contributed by atoms with E-state index in [1.54, 1.807) is 18.2 Å². The van der Waals surface area contributed by atoms with Crippen LogP contribution in [0.15, 0.2) is 24.3 Å². The van der Waals surface area contributed by atoms with Crippen LogP contribution in [0.2, 0.25) is 0 Å². The fourth-order valence-corrected chi connectivity index (χ4v) is 1.74. The lowest BCUT2D eigenvalue weighted by atomic mass is 10.1. The minimum Gasteiger partial charge on any atom is -0.495 e. The van der Waals surface area contributed by atoms with E-state index in [1.165, 1.54) is 13.2 Å². The largest absolute Gasteiger partial charge is 0.495 e. The number of hydrogen-bond acceptors (Lipinski definition) is 3. The molecule has 18 heavy (non-hydrogen) atoms. The van der Waals surface area contributed by atoms with Crippen molar-refractivity contribution < 1.29 is 22.7 Å². The molecule has 3 nitrogen and oxygen atoms in total. The van der Waals surface area contributed by atoms with Gasteiger partial charge in [0.15, 0.2) is 12.0 Å². The number of alkyl halides is 3. The molecule has 0 N–H and O–H groups in total. The number of methoxy groups -OCH3 is 1. The molecular weight excluding hydrogens is 247 g/mol. The second-order valence-electron chi connectivity index (χ2n) is 3.54. The first-order valence-electron chi connectivity index (χ1n) is 4.98. The third kappa shape index (κ3) is 1.90. The number of pyridine rings is 1. The lowest BCUT2D eigenvalue weighted by Crippen LogP contribution is -2.13. The molecule has 0 aliphatic rings. The smallest absolute Gasteiger partial charge is 0.434 e. The number of carbonyl (C=O) groups excluding carboxylic acids is 1. The maximum absolute atomic E-state index is 12.8. The van der Waals surface area contributed by atoms with Crippen molar-refractivity contribution in [2.75, 3.05) is 7.11 Å². The zero-order valence-electron chi connectivity index (χ0n) is 9.28. The van der Waals surface area contributed by atoms with E-state index in [1.807, 2.05) is 0 Å². The number of ether oxygens (including phenoxy) is 1. The normalized spacial score (nSPS) is 11.6. The SMILES string of the molecule is COc1c(C=O)c(C(F)(F)F)nc2ccccc12. The average molecular weight is 255 g/mol. The number of hydrogen-bond donors (Lipinski definition) is 0. The van der Waals surface area contributed by atoms with Gasteiger partial charge >= 0.3 is 6.18 Å². The van der Waals surface area contributed by atoms with Gasteiger partial charge in [-0.3, -0.25) is 4.79 Å². The Balaban J connectivity index is 2.91. The monoisotopic (exact) mass is 255 g/mol. The Bertz CT molecular complexity index is 608. The van der Waals surface area contributed by atoms with Crippen LogP contribution in [-0.2, 0) is 6.18 Å². The molecule has 1 heterocycles.